The van der Waals surface area contributed by atoms with Crippen molar-refractivity contribution in [1.82, 2.24) is 9.80 Å². The maximum Gasteiger partial charge on any atom is 0.100 e. The van der Waals surface area contributed by atoms with Crippen LogP contribution in [-0.2, 0) is 0 Å². The highest BCUT2D eigenvalue weighted by molar-refractivity contribution is 4.96. The summed E-state index contributed by atoms with van der Waals surface area (Å²) in [6.45, 7) is 9.39. The first-order chi connectivity index (χ1) is 10.8. The number of hydrogen-bond donors (Lipinski definition) is 0. The molecule has 1 aliphatic rings. The molecule has 22 heavy (non-hydrogen) atoms. The molecule has 0 aromatic rings. The lowest BCUT2D eigenvalue weighted by atomic mass is 10.1. The number of hydrogen-bond acceptors (Lipinski definition) is 2. The summed E-state index contributed by atoms with van der Waals surface area (Å²) in [4.78, 5) is 5.14. The first kappa shape index (κ1) is 19.4. The van der Waals surface area contributed by atoms with Gasteiger partial charge in [0.15, 0.2) is 0 Å². The number of nitrogens with zero attached hydrogens (tertiary/aromatic N) is 2. The molecule has 0 saturated carbocycles. The summed E-state index contributed by atoms with van der Waals surface area (Å²) in [5.74, 6) is 0. The summed E-state index contributed by atoms with van der Waals surface area (Å²) >= 11 is 0. The van der Waals surface area contributed by atoms with Crippen molar-refractivity contribution in [1.29, 1.82) is 0 Å². The van der Waals surface area contributed by atoms with Gasteiger partial charge in [-0.15, -0.1) is 0 Å². The molecule has 130 valence electrons. The molecule has 1 unspecified atom stereocenters. The predicted molar refractivity (Wildman–Crippen MR) is 98.8 cm³/mol. The van der Waals surface area contributed by atoms with E-state index in [1.807, 2.05) is 0 Å². The molecule has 0 aromatic carbocycles. The van der Waals surface area contributed by atoms with Crippen molar-refractivity contribution >= 4 is 0 Å². The van der Waals surface area contributed by atoms with Crippen LogP contribution < -0.4 is 0 Å². The maximum atomic E-state index is 2.58. The van der Waals surface area contributed by atoms with Crippen LogP contribution in [0.2, 0.25) is 0 Å². The van der Waals surface area contributed by atoms with Crippen LogP contribution in [-0.4, -0.2) is 29.1 Å². The summed E-state index contributed by atoms with van der Waals surface area (Å²) in [5.41, 5.74) is 0. The standard InChI is InChI=1S/C20H40N2/c1-4-7-9-11-12-13-15-17-22-19-18-21(20(22)6-3)16-14-10-8-5-2/h18-20H,4-17H2,1-3H3. The van der Waals surface area contributed by atoms with E-state index in [2.05, 4.69) is 43.0 Å². The molecule has 0 radical (unpaired) electrons. The molecule has 1 aliphatic heterocycles. The fourth-order valence-electron chi connectivity index (χ4n) is 3.45. The Morgan fingerprint density at radius 2 is 1.00 bits per heavy atom. The Morgan fingerprint density at radius 3 is 1.45 bits per heavy atom. The van der Waals surface area contributed by atoms with Crippen LogP contribution in [0.15, 0.2) is 12.4 Å². The van der Waals surface area contributed by atoms with Crippen LogP contribution in [0.25, 0.3) is 0 Å². The second-order valence-corrected chi connectivity index (χ2v) is 6.84. The van der Waals surface area contributed by atoms with Crippen LogP contribution in [0, 0.1) is 0 Å². The SMILES string of the molecule is CCCCCCCCCN1C=CN(CCCCCC)C1CC. The van der Waals surface area contributed by atoms with Gasteiger partial charge in [0.25, 0.3) is 0 Å². The maximum absolute atomic E-state index is 2.58. The third kappa shape index (κ3) is 7.56. The molecule has 1 heterocycles. The molecule has 0 N–H and O–H groups in total. The van der Waals surface area contributed by atoms with Crippen LogP contribution in [0.4, 0.5) is 0 Å². The first-order valence-electron chi connectivity index (χ1n) is 10.0. The Labute approximate surface area is 139 Å². The fraction of sp³-hybridized carbons (Fsp3) is 0.900. The molecule has 0 aliphatic carbocycles. The van der Waals surface area contributed by atoms with E-state index in [9.17, 15) is 0 Å². The average molecular weight is 309 g/mol. The van der Waals surface area contributed by atoms with Crippen LogP contribution in [0.3, 0.4) is 0 Å². The van der Waals surface area contributed by atoms with E-state index in [0.29, 0.717) is 6.17 Å². The lowest BCUT2D eigenvalue weighted by molar-refractivity contribution is 0.144. The molecule has 0 bridgehead atoms. The van der Waals surface area contributed by atoms with Gasteiger partial charge in [-0.2, -0.15) is 0 Å². The van der Waals surface area contributed by atoms with E-state index in [-0.39, 0.29) is 0 Å². The second-order valence-electron chi connectivity index (χ2n) is 6.84. The second kappa shape index (κ2) is 12.8. The van der Waals surface area contributed by atoms with Gasteiger partial charge in [-0.25, -0.2) is 0 Å². The van der Waals surface area contributed by atoms with Crippen LogP contribution in [0.5, 0.6) is 0 Å². The van der Waals surface area contributed by atoms with Crippen LogP contribution in [0.1, 0.15) is 97.8 Å². The molecule has 0 amide bonds. The Bertz CT molecular complexity index is 275. The zero-order chi connectivity index (χ0) is 16.0. The highest BCUT2D eigenvalue weighted by atomic mass is 15.4. The Kier molecular flexibility index (Phi) is 11.3. The summed E-state index contributed by atoms with van der Waals surface area (Å²) < 4.78 is 0. The van der Waals surface area contributed by atoms with Crippen molar-refractivity contribution in [2.24, 2.45) is 0 Å². The molecule has 2 nitrogen and oxygen atoms in total. The van der Waals surface area contributed by atoms with Crippen molar-refractivity contribution in [3.63, 3.8) is 0 Å². The van der Waals surface area contributed by atoms with Crippen molar-refractivity contribution < 1.29 is 0 Å². The van der Waals surface area contributed by atoms with E-state index >= 15 is 0 Å². The molecule has 1 rings (SSSR count). The van der Waals surface area contributed by atoms with Gasteiger partial charge in [0.2, 0.25) is 0 Å². The topological polar surface area (TPSA) is 6.48 Å². The number of rotatable bonds is 14. The molecular formula is C20H40N2. The van der Waals surface area contributed by atoms with Gasteiger partial charge in [-0.3, -0.25) is 0 Å². The molecule has 0 fully saturated rings. The van der Waals surface area contributed by atoms with Gasteiger partial charge in [0, 0.05) is 25.5 Å². The molecule has 2 heteroatoms. The Balaban J connectivity index is 2.12. The van der Waals surface area contributed by atoms with Crippen molar-refractivity contribution in [3.05, 3.63) is 12.4 Å². The fourth-order valence-corrected chi connectivity index (χ4v) is 3.45. The van der Waals surface area contributed by atoms with E-state index in [1.165, 1.54) is 90.1 Å². The first-order valence-corrected chi connectivity index (χ1v) is 10.0. The van der Waals surface area contributed by atoms with Gasteiger partial charge >= 0.3 is 0 Å². The lowest BCUT2D eigenvalue weighted by Gasteiger charge is -2.32. The average Bonchev–Trinajstić information content (AvgIpc) is 2.92. The summed E-state index contributed by atoms with van der Waals surface area (Å²) in [7, 11) is 0. The molecule has 1 atom stereocenters. The summed E-state index contributed by atoms with van der Waals surface area (Å²) in [6.07, 6.45) is 21.8. The highest BCUT2D eigenvalue weighted by Crippen LogP contribution is 2.20. The predicted octanol–water partition coefficient (Wildman–Crippen LogP) is 6.14. The zero-order valence-corrected chi connectivity index (χ0v) is 15.5. The van der Waals surface area contributed by atoms with Gasteiger partial charge in [0.1, 0.15) is 6.17 Å². The van der Waals surface area contributed by atoms with Gasteiger partial charge in [-0.05, 0) is 19.3 Å². The molecule has 0 aromatic heterocycles. The zero-order valence-electron chi connectivity index (χ0n) is 15.5. The van der Waals surface area contributed by atoms with E-state index in [1.54, 1.807) is 0 Å². The van der Waals surface area contributed by atoms with Crippen LogP contribution >= 0.6 is 0 Å². The monoisotopic (exact) mass is 308 g/mol. The Hall–Kier alpha value is -0.660. The Morgan fingerprint density at radius 1 is 0.591 bits per heavy atom. The minimum Gasteiger partial charge on any atom is -0.356 e. The molecule has 0 saturated heterocycles. The van der Waals surface area contributed by atoms with Crippen molar-refractivity contribution in [2.45, 2.75) is 104 Å². The minimum absolute atomic E-state index is 0.627. The lowest BCUT2D eigenvalue weighted by Crippen LogP contribution is -2.38. The molecular weight excluding hydrogens is 268 g/mol. The normalized spacial score (nSPS) is 17.7. The number of unbranched alkanes of at least 4 members (excludes halogenated alkanes) is 9. The summed E-state index contributed by atoms with van der Waals surface area (Å²) in [6, 6.07) is 0. The molecule has 0 spiro atoms. The van der Waals surface area contributed by atoms with E-state index in [4.69, 9.17) is 0 Å². The van der Waals surface area contributed by atoms with Gasteiger partial charge in [-0.1, -0.05) is 78.6 Å². The van der Waals surface area contributed by atoms with Crippen molar-refractivity contribution in [2.75, 3.05) is 13.1 Å². The minimum atomic E-state index is 0.627. The third-order valence-electron chi connectivity index (χ3n) is 4.87. The van der Waals surface area contributed by atoms with Gasteiger partial charge in [0.05, 0.1) is 0 Å². The van der Waals surface area contributed by atoms with Crippen molar-refractivity contribution in [3.8, 4) is 0 Å². The van der Waals surface area contributed by atoms with E-state index < -0.39 is 0 Å². The largest absolute Gasteiger partial charge is 0.356 e. The van der Waals surface area contributed by atoms with Gasteiger partial charge < -0.3 is 9.80 Å². The smallest absolute Gasteiger partial charge is 0.100 e. The quantitative estimate of drug-likeness (QED) is 0.355. The van der Waals surface area contributed by atoms with E-state index in [0.717, 1.165) is 0 Å². The summed E-state index contributed by atoms with van der Waals surface area (Å²) in [5, 5.41) is 0. The highest BCUT2D eigenvalue weighted by Gasteiger charge is 2.23. The third-order valence-corrected chi connectivity index (χ3v) is 4.87.